The number of hydrogen-bond donors (Lipinski definition) is 2. The maximum atomic E-state index is 11.7. The van der Waals surface area contributed by atoms with Crippen LogP contribution in [0.25, 0.3) is 0 Å². The molecule has 0 bridgehead atoms. The number of carbonyl (C=O) groups is 1. The Morgan fingerprint density at radius 1 is 1.24 bits per heavy atom. The smallest absolute Gasteiger partial charge is 0.220 e. The van der Waals surface area contributed by atoms with Gasteiger partial charge < -0.3 is 11.1 Å². The Labute approximate surface area is 107 Å². The highest BCUT2D eigenvalue weighted by atomic mass is 16.1. The van der Waals surface area contributed by atoms with E-state index in [9.17, 15) is 4.79 Å². The highest BCUT2D eigenvalue weighted by molar-refractivity contribution is 5.75. The third-order valence-corrected chi connectivity index (χ3v) is 3.59. The summed E-state index contributed by atoms with van der Waals surface area (Å²) in [6.07, 6.45) is 4.78. The lowest BCUT2D eigenvalue weighted by atomic mass is 9.84. The van der Waals surface area contributed by atoms with E-state index in [1.807, 2.05) is 0 Å². The highest BCUT2D eigenvalue weighted by Gasteiger charge is 2.18. The largest absolute Gasteiger partial charge is 0.356 e. The second kappa shape index (κ2) is 8.51. The molecule has 0 saturated heterocycles. The van der Waals surface area contributed by atoms with Gasteiger partial charge in [0.2, 0.25) is 5.91 Å². The molecule has 17 heavy (non-hydrogen) atoms. The number of nitrogens with two attached hydrogens (primary N) is 1. The summed E-state index contributed by atoms with van der Waals surface area (Å²) in [4.78, 5) is 11.7. The first-order chi connectivity index (χ1) is 7.95. The van der Waals surface area contributed by atoms with Crippen molar-refractivity contribution in [2.45, 2.75) is 59.8 Å². The van der Waals surface area contributed by atoms with Crippen molar-refractivity contribution in [3.05, 3.63) is 0 Å². The van der Waals surface area contributed by atoms with Crippen molar-refractivity contribution in [3.63, 3.8) is 0 Å². The van der Waals surface area contributed by atoms with Crippen LogP contribution in [0, 0.1) is 11.3 Å². The van der Waals surface area contributed by atoms with E-state index < -0.39 is 0 Å². The van der Waals surface area contributed by atoms with E-state index in [2.05, 4.69) is 33.0 Å². The van der Waals surface area contributed by atoms with Gasteiger partial charge in [-0.2, -0.15) is 0 Å². The Morgan fingerprint density at radius 3 is 2.29 bits per heavy atom. The second-order valence-electron chi connectivity index (χ2n) is 5.69. The van der Waals surface area contributed by atoms with E-state index in [1.165, 1.54) is 0 Å². The average Bonchev–Trinajstić information content (AvgIpc) is 2.28. The van der Waals surface area contributed by atoms with Gasteiger partial charge in [0.05, 0.1) is 0 Å². The van der Waals surface area contributed by atoms with Gasteiger partial charge >= 0.3 is 0 Å². The fourth-order valence-corrected chi connectivity index (χ4v) is 1.89. The Kier molecular flexibility index (Phi) is 8.23. The van der Waals surface area contributed by atoms with Crippen LogP contribution < -0.4 is 11.1 Å². The molecular weight excluding hydrogens is 212 g/mol. The van der Waals surface area contributed by atoms with Crippen LogP contribution in [0.5, 0.6) is 0 Å². The van der Waals surface area contributed by atoms with Crippen molar-refractivity contribution in [1.29, 1.82) is 0 Å². The van der Waals surface area contributed by atoms with Crippen molar-refractivity contribution < 1.29 is 4.79 Å². The highest BCUT2D eigenvalue weighted by Crippen LogP contribution is 2.25. The van der Waals surface area contributed by atoms with Gasteiger partial charge in [-0.25, -0.2) is 0 Å². The van der Waals surface area contributed by atoms with Crippen molar-refractivity contribution >= 4 is 5.91 Å². The zero-order valence-corrected chi connectivity index (χ0v) is 12.0. The zero-order chi connectivity index (χ0) is 13.3. The van der Waals surface area contributed by atoms with Gasteiger partial charge in [-0.15, -0.1) is 0 Å². The number of carbonyl (C=O) groups excluding carboxylic acids is 1. The van der Waals surface area contributed by atoms with Gasteiger partial charge in [0.1, 0.15) is 0 Å². The number of hydrogen-bond acceptors (Lipinski definition) is 2. The minimum absolute atomic E-state index is 0.182. The quantitative estimate of drug-likeness (QED) is 0.653. The van der Waals surface area contributed by atoms with Crippen LogP contribution in [-0.2, 0) is 4.79 Å². The van der Waals surface area contributed by atoms with E-state index in [4.69, 9.17) is 5.73 Å². The molecule has 0 heterocycles. The molecule has 102 valence electrons. The third kappa shape index (κ3) is 8.19. The van der Waals surface area contributed by atoms with Crippen LogP contribution in [0.2, 0.25) is 0 Å². The fourth-order valence-electron chi connectivity index (χ4n) is 1.89. The zero-order valence-electron chi connectivity index (χ0n) is 12.0. The topological polar surface area (TPSA) is 55.1 Å². The summed E-state index contributed by atoms with van der Waals surface area (Å²) < 4.78 is 0. The minimum atomic E-state index is 0.182. The molecule has 0 aromatic carbocycles. The van der Waals surface area contributed by atoms with Crippen LogP contribution >= 0.6 is 0 Å². The van der Waals surface area contributed by atoms with Crippen molar-refractivity contribution in [2.24, 2.45) is 17.1 Å². The molecule has 0 spiro atoms. The molecular formula is C14H30N2O. The first-order valence-electron chi connectivity index (χ1n) is 6.92. The molecule has 0 unspecified atom stereocenters. The van der Waals surface area contributed by atoms with E-state index in [0.29, 0.717) is 18.9 Å². The molecule has 1 amide bonds. The predicted octanol–water partition coefficient (Wildman–Crippen LogP) is 2.69. The molecule has 0 aliphatic carbocycles. The van der Waals surface area contributed by atoms with Gasteiger partial charge in [-0.3, -0.25) is 4.79 Å². The van der Waals surface area contributed by atoms with E-state index >= 15 is 0 Å². The number of nitrogens with one attached hydrogen (secondary N) is 1. The molecule has 0 rings (SSSR count). The lowest BCUT2D eigenvalue weighted by Crippen LogP contribution is -2.30. The summed E-state index contributed by atoms with van der Waals surface area (Å²) in [5.41, 5.74) is 5.74. The normalized spacial score (nSPS) is 11.9. The van der Waals surface area contributed by atoms with E-state index in [-0.39, 0.29) is 11.3 Å². The van der Waals surface area contributed by atoms with Gasteiger partial charge in [0.15, 0.2) is 0 Å². The number of amides is 1. The molecule has 0 radical (unpaired) electrons. The molecule has 0 aromatic heterocycles. The van der Waals surface area contributed by atoms with Crippen LogP contribution in [0.3, 0.4) is 0 Å². The standard InChI is InChI=1S/C14H30N2O/c1-5-12(6-2)11-16-13(17)7-8-14(3,4)9-10-15/h12H,5-11,15H2,1-4H3,(H,16,17). The van der Waals surface area contributed by atoms with E-state index in [1.54, 1.807) is 0 Å². The molecule has 3 N–H and O–H groups in total. The molecule has 0 fully saturated rings. The summed E-state index contributed by atoms with van der Waals surface area (Å²) in [6.45, 7) is 10.2. The third-order valence-electron chi connectivity index (χ3n) is 3.59. The summed E-state index contributed by atoms with van der Waals surface area (Å²) in [5, 5.41) is 3.03. The summed E-state index contributed by atoms with van der Waals surface area (Å²) in [7, 11) is 0. The maximum absolute atomic E-state index is 11.7. The summed E-state index contributed by atoms with van der Waals surface area (Å²) >= 11 is 0. The SMILES string of the molecule is CCC(CC)CNC(=O)CCC(C)(C)CCN. The maximum Gasteiger partial charge on any atom is 0.220 e. The van der Waals surface area contributed by atoms with E-state index in [0.717, 1.165) is 32.2 Å². The Hall–Kier alpha value is -0.570. The Balaban J connectivity index is 3.79. The minimum Gasteiger partial charge on any atom is -0.356 e. The average molecular weight is 242 g/mol. The van der Waals surface area contributed by atoms with Crippen LogP contribution in [0.15, 0.2) is 0 Å². The van der Waals surface area contributed by atoms with Gasteiger partial charge in [-0.05, 0) is 30.7 Å². The first-order valence-corrected chi connectivity index (χ1v) is 6.92. The summed E-state index contributed by atoms with van der Waals surface area (Å²) in [6, 6.07) is 0. The molecule has 3 nitrogen and oxygen atoms in total. The number of rotatable bonds is 9. The molecule has 0 aromatic rings. The molecule has 0 atom stereocenters. The van der Waals surface area contributed by atoms with Gasteiger partial charge in [0.25, 0.3) is 0 Å². The van der Waals surface area contributed by atoms with Crippen molar-refractivity contribution in [3.8, 4) is 0 Å². The Bertz CT molecular complexity index is 210. The van der Waals surface area contributed by atoms with Crippen molar-refractivity contribution in [1.82, 2.24) is 5.32 Å². The second-order valence-corrected chi connectivity index (χ2v) is 5.69. The molecule has 3 heteroatoms. The lowest BCUT2D eigenvalue weighted by molar-refractivity contribution is -0.121. The predicted molar refractivity (Wildman–Crippen MR) is 73.8 cm³/mol. The van der Waals surface area contributed by atoms with Crippen molar-refractivity contribution in [2.75, 3.05) is 13.1 Å². The van der Waals surface area contributed by atoms with Gasteiger partial charge in [-0.1, -0.05) is 40.5 Å². The van der Waals surface area contributed by atoms with Crippen LogP contribution in [-0.4, -0.2) is 19.0 Å². The van der Waals surface area contributed by atoms with Crippen LogP contribution in [0.4, 0.5) is 0 Å². The van der Waals surface area contributed by atoms with Gasteiger partial charge in [0, 0.05) is 13.0 Å². The molecule has 0 saturated carbocycles. The first kappa shape index (κ1) is 16.4. The fraction of sp³-hybridized carbons (Fsp3) is 0.929. The van der Waals surface area contributed by atoms with Crippen LogP contribution in [0.1, 0.15) is 59.8 Å². The molecule has 0 aliphatic rings. The Morgan fingerprint density at radius 2 is 1.82 bits per heavy atom. The molecule has 0 aliphatic heterocycles. The lowest BCUT2D eigenvalue weighted by Gasteiger charge is -2.23. The monoisotopic (exact) mass is 242 g/mol. The summed E-state index contributed by atoms with van der Waals surface area (Å²) in [5.74, 6) is 0.804.